The summed E-state index contributed by atoms with van der Waals surface area (Å²) in [7, 11) is -1.26. The van der Waals surface area contributed by atoms with E-state index in [1.807, 2.05) is 23.7 Å². The molecule has 0 bridgehead atoms. The highest BCUT2D eigenvalue weighted by atomic mass is 32.2. The van der Waals surface area contributed by atoms with Gasteiger partial charge in [-0.25, -0.2) is 17.7 Å². The standard InChI is InChI=1S/C15H20N4O3S/c1-18-10-17-14-12(4-3-5-13(14)18)15(20)16-8-11-6-7-19(9-11)23(2,21)22/h3-5,10-11H,6-9H2,1-2H3,(H,16,20). The predicted octanol–water partition coefficient (Wildman–Crippen LogP) is 0.585. The van der Waals surface area contributed by atoms with Crippen molar-refractivity contribution in [2.75, 3.05) is 25.9 Å². The highest BCUT2D eigenvalue weighted by molar-refractivity contribution is 7.88. The van der Waals surface area contributed by atoms with Gasteiger partial charge in [-0.15, -0.1) is 0 Å². The molecule has 23 heavy (non-hydrogen) atoms. The van der Waals surface area contributed by atoms with Gasteiger partial charge in [-0.3, -0.25) is 4.79 Å². The van der Waals surface area contributed by atoms with Crippen LogP contribution >= 0.6 is 0 Å². The molecule has 124 valence electrons. The fraction of sp³-hybridized carbons (Fsp3) is 0.467. The molecule has 1 aliphatic heterocycles. The third kappa shape index (κ3) is 3.23. The van der Waals surface area contributed by atoms with E-state index in [1.165, 1.54) is 10.6 Å². The quantitative estimate of drug-likeness (QED) is 0.885. The molecule has 1 aromatic carbocycles. The minimum atomic E-state index is -3.14. The van der Waals surface area contributed by atoms with Crippen LogP contribution in [0.25, 0.3) is 11.0 Å². The number of nitrogens with one attached hydrogen (secondary N) is 1. The van der Waals surface area contributed by atoms with Crippen LogP contribution in [0, 0.1) is 5.92 Å². The van der Waals surface area contributed by atoms with Crippen LogP contribution in [0.5, 0.6) is 0 Å². The summed E-state index contributed by atoms with van der Waals surface area (Å²) >= 11 is 0. The number of aromatic nitrogens is 2. The number of carbonyl (C=O) groups excluding carboxylic acids is 1. The predicted molar refractivity (Wildman–Crippen MR) is 87.6 cm³/mol. The zero-order chi connectivity index (χ0) is 16.6. The number of para-hydroxylation sites is 1. The van der Waals surface area contributed by atoms with Gasteiger partial charge in [0.2, 0.25) is 10.0 Å². The highest BCUT2D eigenvalue weighted by Gasteiger charge is 2.28. The third-order valence-electron chi connectivity index (χ3n) is 4.27. The van der Waals surface area contributed by atoms with Gasteiger partial charge in [-0.05, 0) is 24.5 Å². The van der Waals surface area contributed by atoms with Gasteiger partial charge in [-0.2, -0.15) is 0 Å². The van der Waals surface area contributed by atoms with Crippen LogP contribution < -0.4 is 5.32 Å². The Kier molecular flexibility index (Phi) is 4.11. The van der Waals surface area contributed by atoms with E-state index in [-0.39, 0.29) is 11.8 Å². The van der Waals surface area contributed by atoms with E-state index in [2.05, 4.69) is 10.3 Å². The maximum absolute atomic E-state index is 12.4. The summed E-state index contributed by atoms with van der Waals surface area (Å²) in [6.07, 6.45) is 3.67. The summed E-state index contributed by atoms with van der Waals surface area (Å²) in [5.74, 6) is -0.0243. The van der Waals surface area contributed by atoms with Crippen LogP contribution in [-0.2, 0) is 17.1 Å². The molecule has 1 N–H and O–H groups in total. The zero-order valence-corrected chi connectivity index (χ0v) is 14.0. The zero-order valence-electron chi connectivity index (χ0n) is 13.2. The first kappa shape index (κ1) is 15.9. The summed E-state index contributed by atoms with van der Waals surface area (Å²) < 4.78 is 26.4. The number of sulfonamides is 1. The van der Waals surface area contributed by atoms with Crippen molar-refractivity contribution in [1.29, 1.82) is 0 Å². The maximum Gasteiger partial charge on any atom is 0.253 e. The van der Waals surface area contributed by atoms with E-state index in [0.717, 1.165) is 11.9 Å². The average Bonchev–Trinajstić information content (AvgIpc) is 3.12. The molecule has 2 heterocycles. The van der Waals surface area contributed by atoms with Gasteiger partial charge >= 0.3 is 0 Å². The second-order valence-corrected chi connectivity index (χ2v) is 8.00. The molecule has 0 aliphatic carbocycles. The number of hydrogen-bond donors (Lipinski definition) is 1. The number of carbonyl (C=O) groups is 1. The summed E-state index contributed by atoms with van der Waals surface area (Å²) in [6, 6.07) is 5.50. The van der Waals surface area contributed by atoms with E-state index in [9.17, 15) is 13.2 Å². The Morgan fingerprint density at radius 1 is 1.43 bits per heavy atom. The Morgan fingerprint density at radius 3 is 2.91 bits per heavy atom. The molecule has 8 heteroatoms. The SMILES string of the molecule is Cn1cnc2c(C(=O)NCC3CCN(S(C)(=O)=O)C3)cccc21. The number of imidazole rings is 1. The van der Waals surface area contributed by atoms with E-state index in [0.29, 0.717) is 30.7 Å². The number of amides is 1. The molecular formula is C15H20N4O3S. The Labute approximate surface area is 135 Å². The van der Waals surface area contributed by atoms with E-state index in [1.54, 1.807) is 12.4 Å². The first-order valence-corrected chi connectivity index (χ1v) is 9.34. The molecule has 0 saturated carbocycles. The lowest BCUT2D eigenvalue weighted by molar-refractivity contribution is 0.0949. The van der Waals surface area contributed by atoms with Crippen molar-refractivity contribution < 1.29 is 13.2 Å². The van der Waals surface area contributed by atoms with Crippen molar-refractivity contribution in [3.8, 4) is 0 Å². The molecule has 7 nitrogen and oxygen atoms in total. The Hall–Kier alpha value is -1.93. The molecular weight excluding hydrogens is 316 g/mol. The summed E-state index contributed by atoms with van der Waals surface area (Å²) in [6.45, 7) is 1.45. The van der Waals surface area contributed by atoms with Crippen LogP contribution in [-0.4, -0.2) is 54.1 Å². The Balaban J connectivity index is 1.66. The van der Waals surface area contributed by atoms with Crippen LogP contribution in [0.15, 0.2) is 24.5 Å². The van der Waals surface area contributed by atoms with Crippen molar-refractivity contribution in [3.05, 3.63) is 30.1 Å². The lowest BCUT2D eigenvalue weighted by atomic mass is 10.1. The lowest BCUT2D eigenvalue weighted by Gasteiger charge is -2.14. The van der Waals surface area contributed by atoms with Crippen LogP contribution in [0.2, 0.25) is 0 Å². The number of rotatable bonds is 4. The van der Waals surface area contributed by atoms with Gasteiger partial charge in [0.05, 0.1) is 23.7 Å². The molecule has 1 unspecified atom stereocenters. The molecule has 2 aromatic rings. The highest BCUT2D eigenvalue weighted by Crippen LogP contribution is 2.19. The first-order valence-electron chi connectivity index (χ1n) is 7.49. The molecule has 1 aromatic heterocycles. The van der Waals surface area contributed by atoms with Gasteiger partial charge < -0.3 is 9.88 Å². The molecule has 1 amide bonds. The minimum Gasteiger partial charge on any atom is -0.352 e. The number of hydrogen-bond acceptors (Lipinski definition) is 4. The molecule has 0 radical (unpaired) electrons. The van der Waals surface area contributed by atoms with Crippen LogP contribution in [0.3, 0.4) is 0 Å². The average molecular weight is 336 g/mol. The second-order valence-electron chi connectivity index (χ2n) is 6.01. The molecule has 1 aliphatic rings. The number of aryl methyl sites for hydroxylation is 1. The monoisotopic (exact) mass is 336 g/mol. The molecule has 3 rings (SSSR count). The van der Waals surface area contributed by atoms with E-state index >= 15 is 0 Å². The van der Waals surface area contributed by atoms with Gasteiger partial charge in [0.1, 0.15) is 5.52 Å². The van der Waals surface area contributed by atoms with Crippen molar-refractivity contribution >= 4 is 27.0 Å². The number of benzene rings is 1. The summed E-state index contributed by atoms with van der Waals surface area (Å²) in [4.78, 5) is 16.7. The molecule has 0 spiro atoms. The van der Waals surface area contributed by atoms with Crippen molar-refractivity contribution in [2.24, 2.45) is 13.0 Å². The topological polar surface area (TPSA) is 84.3 Å². The van der Waals surface area contributed by atoms with Crippen LogP contribution in [0.1, 0.15) is 16.8 Å². The van der Waals surface area contributed by atoms with Gasteiger partial charge in [-0.1, -0.05) is 6.07 Å². The first-order chi connectivity index (χ1) is 10.9. The summed E-state index contributed by atoms with van der Waals surface area (Å²) in [5.41, 5.74) is 2.12. The minimum absolute atomic E-state index is 0.150. The normalized spacial score (nSPS) is 19.3. The summed E-state index contributed by atoms with van der Waals surface area (Å²) in [5, 5.41) is 2.90. The van der Waals surface area contributed by atoms with Gasteiger partial charge in [0, 0.05) is 26.7 Å². The number of nitrogens with zero attached hydrogens (tertiary/aromatic N) is 3. The third-order valence-corrected chi connectivity index (χ3v) is 5.54. The Bertz CT molecular complexity index is 844. The second kappa shape index (κ2) is 5.93. The maximum atomic E-state index is 12.4. The molecule has 1 atom stereocenters. The fourth-order valence-corrected chi connectivity index (χ4v) is 3.86. The smallest absolute Gasteiger partial charge is 0.253 e. The largest absolute Gasteiger partial charge is 0.352 e. The molecule has 1 fully saturated rings. The molecule has 1 saturated heterocycles. The van der Waals surface area contributed by atoms with Crippen molar-refractivity contribution in [2.45, 2.75) is 6.42 Å². The Morgan fingerprint density at radius 2 is 2.22 bits per heavy atom. The van der Waals surface area contributed by atoms with E-state index in [4.69, 9.17) is 0 Å². The van der Waals surface area contributed by atoms with Gasteiger partial charge in [0.15, 0.2) is 0 Å². The van der Waals surface area contributed by atoms with Crippen molar-refractivity contribution in [3.63, 3.8) is 0 Å². The van der Waals surface area contributed by atoms with Crippen LogP contribution in [0.4, 0.5) is 0 Å². The number of fused-ring (bicyclic) bond motifs is 1. The van der Waals surface area contributed by atoms with Crippen molar-refractivity contribution in [1.82, 2.24) is 19.2 Å². The fourth-order valence-electron chi connectivity index (χ4n) is 2.94. The van der Waals surface area contributed by atoms with Gasteiger partial charge in [0.25, 0.3) is 5.91 Å². The lowest BCUT2D eigenvalue weighted by Crippen LogP contribution is -2.32. The van der Waals surface area contributed by atoms with E-state index < -0.39 is 10.0 Å².